The lowest BCUT2D eigenvalue weighted by Gasteiger charge is -2.27. The van der Waals surface area contributed by atoms with E-state index in [9.17, 15) is 9.59 Å². The lowest BCUT2D eigenvalue weighted by atomic mass is 10.1. The third-order valence-electron chi connectivity index (χ3n) is 5.15. The van der Waals surface area contributed by atoms with E-state index in [0.717, 1.165) is 17.7 Å². The molecule has 1 aliphatic rings. The molecule has 4 rings (SSSR count). The third kappa shape index (κ3) is 4.71. The molecule has 2 amide bonds. The summed E-state index contributed by atoms with van der Waals surface area (Å²) in [5, 5.41) is 7.32. The Hall–Kier alpha value is -3.41. The first kappa shape index (κ1) is 18.9. The van der Waals surface area contributed by atoms with Crippen molar-refractivity contribution < 1.29 is 9.59 Å². The van der Waals surface area contributed by atoms with Gasteiger partial charge < -0.3 is 10.2 Å². The number of nitrogens with zero attached hydrogens (tertiary/aromatic N) is 3. The average Bonchev–Trinajstić information content (AvgIpc) is 3.21. The van der Waals surface area contributed by atoms with Gasteiger partial charge in [0.15, 0.2) is 5.69 Å². The molecule has 29 heavy (non-hydrogen) atoms. The van der Waals surface area contributed by atoms with E-state index in [-0.39, 0.29) is 11.8 Å². The van der Waals surface area contributed by atoms with Gasteiger partial charge in [-0.1, -0.05) is 60.7 Å². The Balaban J connectivity index is 1.33. The van der Waals surface area contributed by atoms with Crippen LogP contribution in [-0.2, 0) is 30.8 Å². The highest BCUT2D eigenvalue weighted by molar-refractivity contribution is 5.92. The van der Waals surface area contributed by atoms with Gasteiger partial charge in [-0.05, 0) is 23.6 Å². The van der Waals surface area contributed by atoms with E-state index in [2.05, 4.69) is 10.4 Å². The van der Waals surface area contributed by atoms with E-state index in [1.807, 2.05) is 70.2 Å². The molecular weight excluding hydrogens is 364 g/mol. The lowest BCUT2D eigenvalue weighted by molar-refractivity contribution is -0.132. The summed E-state index contributed by atoms with van der Waals surface area (Å²) in [7, 11) is 0. The van der Waals surface area contributed by atoms with Gasteiger partial charge in [-0.15, -0.1) is 0 Å². The van der Waals surface area contributed by atoms with Gasteiger partial charge in [0.25, 0.3) is 5.91 Å². The van der Waals surface area contributed by atoms with E-state index in [4.69, 9.17) is 0 Å². The van der Waals surface area contributed by atoms with E-state index in [1.165, 1.54) is 5.56 Å². The molecule has 6 nitrogen and oxygen atoms in total. The third-order valence-corrected chi connectivity index (χ3v) is 5.15. The van der Waals surface area contributed by atoms with Crippen molar-refractivity contribution in [3.8, 4) is 0 Å². The maximum Gasteiger partial charge on any atom is 0.272 e. The van der Waals surface area contributed by atoms with Crippen LogP contribution in [0.15, 0.2) is 66.7 Å². The molecule has 0 saturated carbocycles. The van der Waals surface area contributed by atoms with Crippen molar-refractivity contribution in [1.82, 2.24) is 20.0 Å². The number of benzene rings is 2. The monoisotopic (exact) mass is 388 g/mol. The van der Waals surface area contributed by atoms with Gasteiger partial charge in [0.1, 0.15) is 0 Å². The van der Waals surface area contributed by atoms with Gasteiger partial charge in [0, 0.05) is 19.5 Å². The Kier molecular flexibility index (Phi) is 5.70. The number of carbonyl (C=O) groups excluding carboxylic acids is 2. The molecular formula is C23H24N4O2. The predicted molar refractivity (Wildman–Crippen MR) is 110 cm³/mol. The zero-order chi connectivity index (χ0) is 20.1. The van der Waals surface area contributed by atoms with E-state index in [1.54, 1.807) is 6.07 Å². The van der Waals surface area contributed by atoms with Crippen LogP contribution in [-0.4, -0.2) is 33.0 Å². The minimum absolute atomic E-state index is 0.136. The van der Waals surface area contributed by atoms with Crippen molar-refractivity contribution in [2.75, 3.05) is 6.54 Å². The number of fused-ring (bicyclic) bond motifs is 1. The number of carbonyl (C=O) groups is 2. The largest absolute Gasteiger partial charge is 0.347 e. The summed E-state index contributed by atoms with van der Waals surface area (Å²) >= 11 is 0. The average molecular weight is 388 g/mol. The highest BCUT2D eigenvalue weighted by Crippen LogP contribution is 2.16. The van der Waals surface area contributed by atoms with Crippen molar-refractivity contribution in [2.45, 2.75) is 32.5 Å². The Labute approximate surface area is 170 Å². The van der Waals surface area contributed by atoms with Gasteiger partial charge in [-0.2, -0.15) is 5.10 Å². The van der Waals surface area contributed by atoms with Crippen LogP contribution in [0.2, 0.25) is 0 Å². The van der Waals surface area contributed by atoms with Gasteiger partial charge >= 0.3 is 0 Å². The van der Waals surface area contributed by atoms with E-state index >= 15 is 0 Å². The smallest absolute Gasteiger partial charge is 0.272 e. The number of amides is 2. The van der Waals surface area contributed by atoms with Crippen LogP contribution >= 0.6 is 0 Å². The molecule has 0 fully saturated rings. The van der Waals surface area contributed by atoms with Gasteiger partial charge in [0.05, 0.1) is 18.8 Å². The van der Waals surface area contributed by atoms with Crippen molar-refractivity contribution in [2.24, 2.45) is 0 Å². The minimum atomic E-state index is -0.197. The maximum atomic E-state index is 12.6. The summed E-state index contributed by atoms with van der Waals surface area (Å²) in [5.41, 5.74) is 3.50. The Morgan fingerprint density at radius 3 is 2.34 bits per heavy atom. The molecule has 0 spiro atoms. The van der Waals surface area contributed by atoms with Gasteiger partial charge in [0.2, 0.25) is 5.91 Å². The molecule has 6 heteroatoms. The zero-order valence-electron chi connectivity index (χ0n) is 16.3. The minimum Gasteiger partial charge on any atom is -0.347 e. The van der Waals surface area contributed by atoms with Crippen LogP contribution in [0.5, 0.6) is 0 Å². The molecule has 0 radical (unpaired) electrons. The molecule has 1 N–H and O–H groups in total. The Morgan fingerprint density at radius 1 is 0.931 bits per heavy atom. The molecule has 2 heterocycles. The molecule has 0 atom stereocenters. The highest BCUT2D eigenvalue weighted by atomic mass is 16.2. The van der Waals surface area contributed by atoms with Crippen LogP contribution in [0, 0.1) is 0 Å². The first-order chi connectivity index (χ1) is 14.2. The number of aryl methyl sites for hydroxylation is 1. The second kappa shape index (κ2) is 8.73. The highest BCUT2D eigenvalue weighted by Gasteiger charge is 2.23. The molecule has 0 aliphatic carbocycles. The summed E-state index contributed by atoms with van der Waals surface area (Å²) in [6, 6.07) is 21.6. The standard InChI is InChI=1S/C23H24N4O2/c28-22(12-11-18-7-3-1-4-8-18)26-13-14-27-20(17-26)15-21(25-27)23(29)24-16-19-9-5-2-6-10-19/h1-10,15H,11-14,16-17H2,(H,24,29). The molecule has 148 valence electrons. The number of nitrogens with one attached hydrogen (secondary N) is 1. The number of aromatic nitrogens is 2. The van der Waals surface area contributed by atoms with Crippen LogP contribution in [0.4, 0.5) is 0 Å². The van der Waals surface area contributed by atoms with Gasteiger partial charge in [-0.3, -0.25) is 14.3 Å². The first-order valence-electron chi connectivity index (χ1n) is 9.89. The second-order valence-electron chi connectivity index (χ2n) is 7.21. The molecule has 0 saturated heterocycles. The lowest BCUT2D eigenvalue weighted by Crippen LogP contribution is -2.38. The SMILES string of the molecule is O=C(NCc1ccccc1)c1cc2n(n1)CCN(C(=O)CCc1ccccc1)C2. The zero-order valence-corrected chi connectivity index (χ0v) is 16.3. The molecule has 1 aliphatic heterocycles. The van der Waals surface area contributed by atoms with Crippen molar-refractivity contribution >= 4 is 11.8 Å². The molecule has 1 aromatic heterocycles. The maximum absolute atomic E-state index is 12.6. The Morgan fingerprint density at radius 2 is 1.62 bits per heavy atom. The fraction of sp³-hybridized carbons (Fsp3) is 0.261. The molecule has 3 aromatic rings. The van der Waals surface area contributed by atoms with Gasteiger partial charge in [-0.25, -0.2) is 0 Å². The summed E-state index contributed by atoms with van der Waals surface area (Å²) < 4.78 is 1.83. The fourth-order valence-electron chi connectivity index (χ4n) is 3.51. The van der Waals surface area contributed by atoms with Crippen LogP contribution < -0.4 is 5.32 Å². The van der Waals surface area contributed by atoms with E-state index in [0.29, 0.717) is 38.3 Å². The Bertz CT molecular complexity index is 983. The van der Waals surface area contributed by atoms with E-state index < -0.39 is 0 Å². The fourth-order valence-corrected chi connectivity index (χ4v) is 3.51. The summed E-state index contributed by atoms with van der Waals surface area (Å²) in [5.74, 6) is -0.0610. The first-order valence-corrected chi connectivity index (χ1v) is 9.89. The normalized spacial score (nSPS) is 13.0. The van der Waals surface area contributed by atoms with Crippen molar-refractivity contribution in [1.29, 1.82) is 0 Å². The number of rotatable bonds is 6. The molecule has 0 unspecified atom stereocenters. The number of hydrogen-bond donors (Lipinski definition) is 1. The number of hydrogen-bond acceptors (Lipinski definition) is 3. The molecule has 2 aromatic carbocycles. The molecule has 0 bridgehead atoms. The second-order valence-corrected chi connectivity index (χ2v) is 7.21. The summed E-state index contributed by atoms with van der Waals surface area (Å²) in [6.07, 6.45) is 1.23. The summed E-state index contributed by atoms with van der Waals surface area (Å²) in [6.45, 7) is 2.18. The van der Waals surface area contributed by atoms with Crippen molar-refractivity contribution in [3.63, 3.8) is 0 Å². The van der Waals surface area contributed by atoms with Crippen LogP contribution in [0.25, 0.3) is 0 Å². The predicted octanol–water partition coefficient (Wildman–Crippen LogP) is 2.79. The van der Waals surface area contributed by atoms with Crippen molar-refractivity contribution in [3.05, 3.63) is 89.2 Å². The summed E-state index contributed by atoms with van der Waals surface area (Å²) in [4.78, 5) is 26.9. The topological polar surface area (TPSA) is 67.2 Å². The van der Waals surface area contributed by atoms with Crippen LogP contribution in [0.1, 0.15) is 33.7 Å². The quantitative estimate of drug-likeness (QED) is 0.706. The van der Waals surface area contributed by atoms with Crippen LogP contribution in [0.3, 0.4) is 0 Å².